The quantitative estimate of drug-likeness (QED) is 0.260. The third-order valence-electron chi connectivity index (χ3n) is 2.84. The Kier molecular flexibility index (Phi) is 6.39. The molecule has 1 N–H and O–H groups in total. The predicted molar refractivity (Wildman–Crippen MR) is 75.2 cm³/mol. The summed E-state index contributed by atoms with van der Waals surface area (Å²) in [5.41, 5.74) is 7.24. The summed E-state index contributed by atoms with van der Waals surface area (Å²) in [6.07, 6.45) is -0.742. The molecule has 1 aromatic carbocycles. The zero-order valence-electron chi connectivity index (χ0n) is 11.7. The van der Waals surface area contributed by atoms with Gasteiger partial charge in [0.25, 0.3) is 0 Å². The summed E-state index contributed by atoms with van der Waals surface area (Å²) in [5.74, 6) is -1.12. The molecule has 0 radical (unpaired) electrons. The van der Waals surface area contributed by atoms with Crippen molar-refractivity contribution < 1.29 is 19.4 Å². The molecular weight excluding hydrogens is 274 g/mol. The van der Waals surface area contributed by atoms with Crippen molar-refractivity contribution in [3.63, 3.8) is 0 Å². The van der Waals surface area contributed by atoms with Gasteiger partial charge in [-0.3, -0.25) is 9.59 Å². The number of aliphatic hydroxyl groups is 1. The second-order valence-corrected chi connectivity index (χ2v) is 4.48. The van der Waals surface area contributed by atoms with Crippen LogP contribution >= 0.6 is 0 Å². The van der Waals surface area contributed by atoms with Gasteiger partial charge in [0.05, 0.1) is 13.2 Å². The van der Waals surface area contributed by atoms with Gasteiger partial charge in [-0.25, -0.2) is 0 Å². The van der Waals surface area contributed by atoms with Crippen molar-refractivity contribution in [2.24, 2.45) is 5.11 Å². The van der Waals surface area contributed by atoms with Crippen molar-refractivity contribution in [3.8, 4) is 0 Å². The fourth-order valence-electron chi connectivity index (χ4n) is 1.91. The molecule has 21 heavy (non-hydrogen) atoms. The molecule has 0 amide bonds. The molecule has 7 heteroatoms. The topological polar surface area (TPSA) is 112 Å². The highest BCUT2D eigenvalue weighted by atomic mass is 16.5. The molecule has 0 spiro atoms. The lowest BCUT2D eigenvalue weighted by atomic mass is 9.88. The standard InChI is InChI=1S/C14H17N3O4/c1-2-21-13(19)8-12(18)9-14(20,10-16-17-15)11-6-4-3-5-7-11/h3-7,20H,2,8-10H2,1H3. The molecule has 0 bridgehead atoms. The van der Waals surface area contributed by atoms with Gasteiger partial charge in [0, 0.05) is 11.3 Å². The number of hydrogen-bond donors (Lipinski definition) is 1. The molecule has 1 atom stereocenters. The number of esters is 1. The summed E-state index contributed by atoms with van der Waals surface area (Å²) in [5, 5.41) is 13.9. The fourth-order valence-corrected chi connectivity index (χ4v) is 1.91. The van der Waals surface area contributed by atoms with E-state index in [1.165, 1.54) is 0 Å². The van der Waals surface area contributed by atoms with Crippen LogP contribution in [0.3, 0.4) is 0 Å². The zero-order chi connectivity index (χ0) is 15.7. The highest BCUT2D eigenvalue weighted by Gasteiger charge is 2.32. The minimum absolute atomic E-state index is 0.188. The van der Waals surface area contributed by atoms with Gasteiger partial charge in [0.15, 0.2) is 0 Å². The molecule has 0 aliphatic rings. The van der Waals surface area contributed by atoms with E-state index in [4.69, 9.17) is 10.3 Å². The summed E-state index contributed by atoms with van der Waals surface area (Å²) in [6.45, 7) is 1.54. The summed E-state index contributed by atoms with van der Waals surface area (Å²) in [6, 6.07) is 8.42. The van der Waals surface area contributed by atoms with Crippen molar-refractivity contribution in [1.29, 1.82) is 0 Å². The average Bonchev–Trinajstić information content (AvgIpc) is 2.46. The molecule has 0 saturated carbocycles. The van der Waals surface area contributed by atoms with Crippen LogP contribution in [0.2, 0.25) is 0 Å². The monoisotopic (exact) mass is 291 g/mol. The third kappa shape index (κ3) is 5.25. The Morgan fingerprint density at radius 3 is 2.62 bits per heavy atom. The molecule has 0 fully saturated rings. The van der Waals surface area contributed by atoms with Crippen LogP contribution in [0.25, 0.3) is 10.4 Å². The van der Waals surface area contributed by atoms with Crippen LogP contribution in [0.5, 0.6) is 0 Å². The minimum atomic E-state index is -1.63. The number of Topliss-reactive ketones (excluding diaryl/α,β-unsaturated/α-hetero) is 1. The van der Waals surface area contributed by atoms with Gasteiger partial charge < -0.3 is 9.84 Å². The normalized spacial score (nSPS) is 12.9. The first kappa shape index (κ1) is 16.7. The number of ketones is 1. The number of carbonyl (C=O) groups excluding carboxylic acids is 2. The molecule has 1 aromatic rings. The number of nitrogens with zero attached hydrogens (tertiary/aromatic N) is 3. The van der Waals surface area contributed by atoms with Crippen LogP contribution in [0.15, 0.2) is 35.4 Å². The van der Waals surface area contributed by atoms with Crippen molar-refractivity contribution in [1.82, 2.24) is 0 Å². The molecule has 1 rings (SSSR count). The Morgan fingerprint density at radius 2 is 2.05 bits per heavy atom. The van der Waals surface area contributed by atoms with Crippen molar-refractivity contribution >= 4 is 11.8 Å². The molecule has 0 aliphatic heterocycles. The van der Waals surface area contributed by atoms with E-state index < -0.39 is 23.8 Å². The number of ether oxygens (including phenoxy) is 1. The van der Waals surface area contributed by atoms with Gasteiger partial charge in [-0.2, -0.15) is 0 Å². The van der Waals surface area contributed by atoms with Gasteiger partial charge in [-0.1, -0.05) is 35.4 Å². The Morgan fingerprint density at radius 1 is 1.38 bits per heavy atom. The number of benzene rings is 1. The molecule has 112 valence electrons. The third-order valence-corrected chi connectivity index (χ3v) is 2.84. The molecule has 0 heterocycles. The summed E-state index contributed by atoms with van der Waals surface area (Å²) in [7, 11) is 0. The van der Waals surface area contributed by atoms with E-state index in [2.05, 4.69) is 10.0 Å². The van der Waals surface area contributed by atoms with E-state index in [0.717, 1.165) is 0 Å². The Bertz CT molecular complexity index is 540. The maximum atomic E-state index is 11.9. The van der Waals surface area contributed by atoms with Crippen LogP contribution < -0.4 is 0 Å². The average molecular weight is 291 g/mol. The largest absolute Gasteiger partial charge is 0.466 e. The second kappa shape index (κ2) is 8.04. The lowest BCUT2D eigenvalue weighted by Crippen LogP contribution is -2.33. The second-order valence-electron chi connectivity index (χ2n) is 4.48. The van der Waals surface area contributed by atoms with E-state index in [-0.39, 0.29) is 19.6 Å². The number of rotatable bonds is 8. The van der Waals surface area contributed by atoms with E-state index >= 15 is 0 Å². The maximum Gasteiger partial charge on any atom is 0.313 e. The Labute approximate surface area is 122 Å². The van der Waals surface area contributed by atoms with E-state index in [1.807, 2.05) is 0 Å². The highest BCUT2D eigenvalue weighted by Crippen LogP contribution is 2.26. The summed E-state index contributed by atoms with van der Waals surface area (Å²) in [4.78, 5) is 25.8. The van der Waals surface area contributed by atoms with Gasteiger partial charge in [-0.05, 0) is 18.0 Å². The van der Waals surface area contributed by atoms with E-state index in [9.17, 15) is 14.7 Å². The predicted octanol–water partition coefficient (Wildman–Crippen LogP) is 2.10. The van der Waals surface area contributed by atoms with Crippen LogP contribution in [0, 0.1) is 0 Å². The van der Waals surface area contributed by atoms with Gasteiger partial charge in [0.2, 0.25) is 0 Å². The van der Waals surface area contributed by atoms with Crippen LogP contribution in [0.1, 0.15) is 25.3 Å². The van der Waals surface area contributed by atoms with E-state index in [0.29, 0.717) is 5.56 Å². The lowest BCUT2D eigenvalue weighted by Gasteiger charge is -2.26. The van der Waals surface area contributed by atoms with Crippen LogP contribution in [-0.2, 0) is 19.9 Å². The summed E-state index contributed by atoms with van der Waals surface area (Å²) >= 11 is 0. The molecule has 0 aromatic heterocycles. The molecule has 1 unspecified atom stereocenters. The Balaban J connectivity index is 2.86. The minimum Gasteiger partial charge on any atom is -0.466 e. The van der Waals surface area contributed by atoms with Crippen LogP contribution in [-0.4, -0.2) is 30.0 Å². The lowest BCUT2D eigenvalue weighted by molar-refractivity contribution is -0.146. The molecule has 7 nitrogen and oxygen atoms in total. The first-order valence-electron chi connectivity index (χ1n) is 6.48. The SMILES string of the molecule is CCOC(=O)CC(=O)CC(O)(CN=[N+]=[N-])c1ccccc1. The summed E-state index contributed by atoms with van der Waals surface area (Å²) < 4.78 is 4.69. The number of hydrogen-bond acceptors (Lipinski definition) is 5. The molecule has 0 saturated heterocycles. The number of azide groups is 1. The Hall–Kier alpha value is -2.37. The number of carbonyl (C=O) groups is 2. The van der Waals surface area contributed by atoms with Crippen molar-refractivity contribution in [3.05, 3.63) is 46.3 Å². The smallest absolute Gasteiger partial charge is 0.313 e. The fraction of sp³-hybridized carbons (Fsp3) is 0.429. The van der Waals surface area contributed by atoms with Gasteiger partial charge >= 0.3 is 5.97 Å². The first-order valence-corrected chi connectivity index (χ1v) is 6.48. The maximum absolute atomic E-state index is 11.9. The van der Waals surface area contributed by atoms with Crippen LogP contribution in [0.4, 0.5) is 0 Å². The molecular formula is C14H17N3O4. The van der Waals surface area contributed by atoms with Crippen molar-refractivity contribution in [2.75, 3.05) is 13.2 Å². The highest BCUT2D eigenvalue weighted by molar-refractivity contribution is 5.96. The zero-order valence-corrected chi connectivity index (χ0v) is 11.7. The van der Waals surface area contributed by atoms with Gasteiger partial charge in [-0.15, -0.1) is 0 Å². The van der Waals surface area contributed by atoms with E-state index in [1.54, 1.807) is 37.3 Å². The van der Waals surface area contributed by atoms with Gasteiger partial charge in [0.1, 0.15) is 17.8 Å². The van der Waals surface area contributed by atoms with Crippen molar-refractivity contribution in [2.45, 2.75) is 25.4 Å². The molecule has 0 aliphatic carbocycles. The first-order chi connectivity index (χ1) is 10.0.